The molecule has 2 aromatic heterocycles. The molecule has 1 amide bonds. The summed E-state index contributed by atoms with van der Waals surface area (Å²) in [6, 6.07) is 9.10. The fourth-order valence-corrected chi connectivity index (χ4v) is 1.91. The lowest BCUT2D eigenvalue weighted by Gasteiger charge is -2.06. The van der Waals surface area contributed by atoms with Crippen LogP contribution in [-0.2, 0) is 11.3 Å². The minimum absolute atomic E-state index is 0.164. The van der Waals surface area contributed by atoms with Crippen LogP contribution in [0.25, 0.3) is 5.69 Å². The monoisotopic (exact) mass is 327 g/mol. The molecule has 0 fully saturated rings. The zero-order valence-electron chi connectivity index (χ0n) is 12.6. The molecular weight excluding hydrogens is 313 g/mol. The van der Waals surface area contributed by atoms with Crippen LogP contribution in [0.2, 0.25) is 0 Å². The number of hydrogen-bond acceptors (Lipinski definition) is 5. The molecule has 0 radical (unpaired) electrons. The lowest BCUT2D eigenvalue weighted by molar-refractivity contribution is -0.123. The van der Waals surface area contributed by atoms with Crippen molar-refractivity contribution in [2.45, 2.75) is 6.54 Å². The molecule has 0 aliphatic heterocycles. The molecule has 8 heteroatoms. The number of halogens is 1. The van der Waals surface area contributed by atoms with Gasteiger partial charge in [-0.3, -0.25) is 9.78 Å². The molecule has 3 rings (SSSR count). The Bertz CT molecular complexity index is 805. The van der Waals surface area contributed by atoms with Gasteiger partial charge in [-0.15, -0.1) is 5.10 Å². The number of amides is 1. The van der Waals surface area contributed by atoms with Crippen molar-refractivity contribution in [3.63, 3.8) is 0 Å². The van der Waals surface area contributed by atoms with Crippen molar-refractivity contribution in [3.8, 4) is 11.4 Å². The summed E-state index contributed by atoms with van der Waals surface area (Å²) in [5, 5.41) is 10.6. The molecule has 2 heterocycles. The average Bonchev–Trinajstić information content (AvgIpc) is 3.09. The fourth-order valence-electron chi connectivity index (χ4n) is 1.91. The predicted molar refractivity (Wildman–Crippen MR) is 82.9 cm³/mol. The third-order valence-corrected chi connectivity index (χ3v) is 3.10. The van der Waals surface area contributed by atoms with Gasteiger partial charge in [0.05, 0.1) is 24.6 Å². The van der Waals surface area contributed by atoms with E-state index < -0.39 is 0 Å². The SMILES string of the molecule is O=C(COc1ccc(F)cc1)NCc1cn(-c2cccnc2)nn1. The van der Waals surface area contributed by atoms with E-state index in [1.54, 1.807) is 29.3 Å². The summed E-state index contributed by atoms with van der Waals surface area (Å²) in [4.78, 5) is 15.8. The van der Waals surface area contributed by atoms with E-state index in [2.05, 4.69) is 20.6 Å². The largest absolute Gasteiger partial charge is 0.484 e. The minimum Gasteiger partial charge on any atom is -0.484 e. The van der Waals surface area contributed by atoms with E-state index in [9.17, 15) is 9.18 Å². The molecule has 1 aromatic carbocycles. The molecule has 0 unspecified atom stereocenters. The van der Waals surface area contributed by atoms with Crippen molar-refractivity contribution in [2.24, 2.45) is 0 Å². The molecule has 0 bridgehead atoms. The van der Waals surface area contributed by atoms with E-state index in [1.807, 2.05) is 6.07 Å². The number of benzene rings is 1. The number of nitrogens with one attached hydrogen (secondary N) is 1. The maximum absolute atomic E-state index is 12.8. The Balaban J connectivity index is 1.48. The normalized spacial score (nSPS) is 10.4. The van der Waals surface area contributed by atoms with Gasteiger partial charge >= 0.3 is 0 Å². The highest BCUT2D eigenvalue weighted by molar-refractivity contribution is 5.77. The molecule has 24 heavy (non-hydrogen) atoms. The molecule has 0 atom stereocenters. The standard InChI is InChI=1S/C16H14FN5O2/c17-12-3-5-15(6-4-12)24-11-16(23)19-8-13-10-22(21-20-13)14-2-1-7-18-9-14/h1-7,9-10H,8,11H2,(H,19,23). The summed E-state index contributed by atoms with van der Waals surface area (Å²) < 4.78 is 19.6. The summed E-state index contributed by atoms with van der Waals surface area (Å²) in [5.41, 5.74) is 1.39. The van der Waals surface area contributed by atoms with E-state index in [0.29, 0.717) is 11.4 Å². The van der Waals surface area contributed by atoms with Gasteiger partial charge in [0.1, 0.15) is 17.3 Å². The number of rotatable bonds is 6. The van der Waals surface area contributed by atoms with Crippen LogP contribution in [0.15, 0.2) is 55.0 Å². The van der Waals surface area contributed by atoms with Gasteiger partial charge in [0, 0.05) is 6.20 Å². The van der Waals surface area contributed by atoms with Gasteiger partial charge in [-0.2, -0.15) is 0 Å². The molecule has 7 nitrogen and oxygen atoms in total. The molecular formula is C16H14FN5O2. The number of carbonyl (C=O) groups is 1. The fraction of sp³-hybridized carbons (Fsp3) is 0.125. The zero-order chi connectivity index (χ0) is 16.8. The molecule has 0 aliphatic rings. The Hall–Kier alpha value is -3.29. The first kappa shape index (κ1) is 15.6. The van der Waals surface area contributed by atoms with E-state index in [0.717, 1.165) is 5.69 Å². The van der Waals surface area contributed by atoms with Crippen LogP contribution in [0.1, 0.15) is 5.69 Å². The first-order chi connectivity index (χ1) is 11.7. The van der Waals surface area contributed by atoms with Crippen molar-refractivity contribution in [3.05, 3.63) is 66.5 Å². The number of nitrogens with zero attached hydrogens (tertiary/aromatic N) is 4. The first-order valence-corrected chi connectivity index (χ1v) is 7.17. The summed E-state index contributed by atoms with van der Waals surface area (Å²) >= 11 is 0. The number of hydrogen-bond donors (Lipinski definition) is 1. The lowest BCUT2D eigenvalue weighted by Crippen LogP contribution is -2.28. The molecule has 0 saturated carbocycles. The number of carbonyl (C=O) groups excluding carboxylic acids is 1. The van der Waals surface area contributed by atoms with Gasteiger partial charge < -0.3 is 10.1 Å². The maximum atomic E-state index is 12.8. The third-order valence-electron chi connectivity index (χ3n) is 3.10. The molecule has 0 saturated heterocycles. The molecule has 0 spiro atoms. The van der Waals surface area contributed by atoms with Crippen molar-refractivity contribution < 1.29 is 13.9 Å². The maximum Gasteiger partial charge on any atom is 0.258 e. The second-order valence-corrected chi connectivity index (χ2v) is 4.88. The van der Waals surface area contributed by atoms with Crippen LogP contribution in [0.5, 0.6) is 5.75 Å². The van der Waals surface area contributed by atoms with Gasteiger partial charge in [-0.25, -0.2) is 9.07 Å². The number of aromatic nitrogens is 4. The van der Waals surface area contributed by atoms with E-state index in [-0.39, 0.29) is 24.9 Å². The van der Waals surface area contributed by atoms with Crippen molar-refractivity contribution in [1.29, 1.82) is 0 Å². The van der Waals surface area contributed by atoms with Crippen molar-refractivity contribution >= 4 is 5.91 Å². The Morgan fingerprint density at radius 1 is 1.25 bits per heavy atom. The van der Waals surface area contributed by atoms with Crippen LogP contribution < -0.4 is 10.1 Å². The molecule has 3 aromatic rings. The number of pyridine rings is 1. The molecule has 122 valence electrons. The van der Waals surface area contributed by atoms with E-state index in [4.69, 9.17) is 4.74 Å². The Labute approximate surface area is 137 Å². The van der Waals surface area contributed by atoms with Crippen LogP contribution in [0.4, 0.5) is 4.39 Å². The highest BCUT2D eigenvalue weighted by atomic mass is 19.1. The quantitative estimate of drug-likeness (QED) is 0.742. The second-order valence-electron chi connectivity index (χ2n) is 4.88. The predicted octanol–water partition coefficient (Wildman–Crippen LogP) is 1.50. The van der Waals surface area contributed by atoms with Crippen molar-refractivity contribution in [2.75, 3.05) is 6.61 Å². The summed E-state index contributed by atoms with van der Waals surface area (Å²) in [6.45, 7) is 0.0637. The smallest absolute Gasteiger partial charge is 0.258 e. The summed E-state index contributed by atoms with van der Waals surface area (Å²) in [7, 11) is 0. The second kappa shape index (κ2) is 7.32. The Morgan fingerprint density at radius 2 is 2.08 bits per heavy atom. The minimum atomic E-state index is -0.358. The Morgan fingerprint density at radius 3 is 2.83 bits per heavy atom. The van der Waals surface area contributed by atoms with Crippen molar-refractivity contribution in [1.82, 2.24) is 25.3 Å². The zero-order valence-corrected chi connectivity index (χ0v) is 12.6. The van der Waals surface area contributed by atoms with Crippen LogP contribution in [0.3, 0.4) is 0 Å². The van der Waals surface area contributed by atoms with Gasteiger partial charge in [-0.1, -0.05) is 5.21 Å². The summed E-state index contributed by atoms with van der Waals surface area (Å²) in [6.07, 6.45) is 5.04. The average molecular weight is 327 g/mol. The van der Waals surface area contributed by atoms with Gasteiger partial charge in [0.2, 0.25) is 0 Å². The van der Waals surface area contributed by atoms with E-state index >= 15 is 0 Å². The van der Waals surface area contributed by atoms with Gasteiger partial charge in [0.15, 0.2) is 6.61 Å². The highest BCUT2D eigenvalue weighted by Gasteiger charge is 2.06. The van der Waals surface area contributed by atoms with Crippen LogP contribution in [-0.4, -0.2) is 32.5 Å². The van der Waals surface area contributed by atoms with E-state index in [1.165, 1.54) is 24.3 Å². The lowest BCUT2D eigenvalue weighted by atomic mass is 10.3. The first-order valence-electron chi connectivity index (χ1n) is 7.17. The highest BCUT2D eigenvalue weighted by Crippen LogP contribution is 2.10. The van der Waals surface area contributed by atoms with Gasteiger partial charge in [0.25, 0.3) is 5.91 Å². The molecule has 1 N–H and O–H groups in total. The third kappa shape index (κ3) is 4.13. The van der Waals surface area contributed by atoms with Gasteiger partial charge in [-0.05, 0) is 36.4 Å². The summed E-state index contributed by atoms with van der Waals surface area (Å²) in [5.74, 6) is -0.243. The Kier molecular flexibility index (Phi) is 4.76. The van der Waals surface area contributed by atoms with Crippen LogP contribution in [0, 0.1) is 5.82 Å². The topological polar surface area (TPSA) is 81.9 Å². The number of ether oxygens (including phenoxy) is 1. The molecule has 0 aliphatic carbocycles. The van der Waals surface area contributed by atoms with Crippen LogP contribution >= 0.6 is 0 Å².